The van der Waals surface area contributed by atoms with Crippen molar-refractivity contribution in [1.82, 2.24) is 15.2 Å². The van der Waals surface area contributed by atoms with Crippen molar-refractivity contribution in [3.8, 4) is 28.6 Å². The molecule has 0 saturated heterocycles. The Hall–Kier alpha value is -3.01. The first-order valence-corrected chi connectivity index (χ1v) is 12.0. The number of aromatic hydroxyl groups is 2. The topological polar surface area (TPSA) is 100 Å². The Bertz CT molecular complexity index is 1330. The quantitative estimate of drug-likeness (QED) is 0.208. The first kappa shape index (κ1) is 21.8. The Morgan fingerprint density at radius 2 is 1.85 bits per heavy atom. The number of anilines is 1. The van der Waals surface area contributed by atoms with Crippen LogP contribution in [0.5, 0.6) is 17.4 Å². The van der Waals surface area contributed by atoms with Crippen molar-refractivity contribution in [3.63, 3.8) is 0 Å². The number of fused-ring (bicyclic) bond motifs is 3. The Kier molecular flexibility index (Phi) is 6.01. The van der Waals surface area contributed by atoms with Gasteiger partial charge in [-0.3, -0.25) is 0 Å². The summed E-state index contributed by atoms with van der Waals surface area (Å²) in [6, 6.07) is 18.3. The van der Waals surface area contributed by atoms with Gasteiger partial charge in [-0.05, 0) is 45.8 Å². The van der Waals surface area contributed by atoms with Crippen LogP contribution in [-0.4, -0.2) is 25.4 Å². The summed E-state index contributed by atoms with van der Waals surface area (Å²) in [6.45, 7) is 0. The van der Waals surface area contributed by atoms with Crippen LogP contribution >= 0.6 is 39.3 Å². The number of thioether (sulfide) groups is 1. The van der Waals surface area contributed by atoms with Crippen LogP contribution in [0.4, 0.5) is 5.69 Å². The molecule has 33 heavy (non-hydrogen) atoms. The smallest absolute Gasteiger partial charge is 0.247 e. The van der Waals surface area contributed by atoms with Gasteiger partial charge in [-0.15, -0.1) is 10.2 Å². The van der Waals surface area contributed by atoms with Crippen LogP contribution in [0.15, 0.2) is 70.3 Å². The molecule has 0 unspecified atom stereocenters. The van der Waals surface area contributed by atoms with E-state index in [0.717, 1.165) is 16.8 Å². The number of phenolic OH excluding ortho intramolecular Hbond substituents is 2. The summed E-state index contributed by atoms with van der Waals surface area (Å²) in [6.07, 6.45) is -0.701. The normalized spacial score (nSPS) is 14.4. The Balaban J connectivity index is 1.52. The molecule has 1 atom stereocenters. The molecule has 0 radical (unpaired) electrons. The highest BCUT2D eigenvalue weighted by atomic mass is 79.9. The van der Waals surface area contributed by atoms with Crippen LogP contribution in [0.25, 0.3) is 11.3 Å². The van der Waals surface area contributed by atoms with Crippen molar-refractivity contribution < 1.29 is 14.9 Å². The molecule has 0 fully saturated rings. The van der Waals surface area contributed by atoms with Gasteiger partial charge in [0.2, 0.25) is 11.0 Å². The number of hydrogen-bond donors (Lipinski definition) is 3. The van der Waals surface area contributed by atoms with Crippen molar-refractivity contribution >= 4 is 45.0 Å². The van der Waals surface area contributed by atoms with Crippen LogP contribution in [0.2, 0.25) is 5.02 Å². The Morgan fingerprint density at radius 1 is 1.06 bits per heavy atom. The summed E-state index contributed by atoms with van der Waals surface area (Å²) >= 11 is 10.9. The van der Waals surface area contributed by atoms with Gasteiger partial charge in [-0.25, -0.2) is 0 Å². The Morgan fingerprint density at radius 3 is 2.67 bits per heavy atom. The van der Waals surface area contributed by atoms with Crippen molar-refractivity contribution in [2.24, 2.45) is 0 Å². The van der Waals surface area contributed by atoms with Crippen molar-refractivity contribution in [2.45, 2.75) is 17.1 Å². The number of hydrogen-bond acceptors (Lipinski definition) is 8. The lowest BCUT2D eigenvalue weighted by molar-refractivity contribution is 0.224. The van der Waals surface area contributed by atoms with Gasteiger partial charge in [0.25, 0.3) is 0 Å². The van der Waals surface area contributed by atoms with Crippen LogP contribution in [-0.2, 0) is 5.75 Å². The largest absolute Gasteiger partial charge is 0.504 e. The zero-order chi connectivity index (χ0) is 22.9. The van der Waals surface area contributed by atoms with E-state index in [9.17, 15) is 10.2 Å². The minimum atomic E-state index is -0.701. The summed E-state index contributed by atoms with van der Waals surface area (Å²) in [4.78, 5) is 4.62. The maximum absolute atomic E-state index is 10.1. The van der Waals surface area contributed by atoms with Crippen LogP contribution in [0, 0.1) is 0 Å². The van der Waals surface area contributed by atoms with E-state index < -0.39 is 6.23 Å². The number of ether oxygens (including phenoxy) is 1. The SMILES string of the molecule is Oc1cc([C@H]2Nc3ccccc3-c3nnc(SCc4ccccc4Cl)nc3O2)cc(Br)c1O. The van der Waals surface area contributed by atoms with Gasteiger partial charge in [0.15, 0.2) is 23.4 Å². The van der Waals surface area contributed by atoms with Gasteiger partial charge in [0.05, 0.1) is 4.47 Å². The van der Waals surface area contributed by atoms with Gasteiger partial charge in [-0.2, -0.15) is 4.98 Å². The highest BCUT2D eigenvalue weighted by Gasteiger charge is 2.27. The molecular formula is C23H16BrClN4O3S. The van der Waals surface area contributed by atoms with Crippen molar-refractivity contribution in [1.29, 1.82) is 0 Å². The minimum absolute atomic E-state index is 0.240. The number of phenols is 2. The molecule has 5 rings (SSSR count). The highest BCUT2D eigenvalue weighted by Crippen LogP contribution is 2.42. The third-order valence-electron chi connectivity index (χ3n) is 5.02. The maximum Gasteiger partial charge on any atom is 0.247 e. The molecule has 3 aromatic carbocycles. The monoisotopic (exact) mass is 542 g/mol. The number of aromatic nitrogens is 3. The molecule has 3 N–H and O–H groups in total. The molecule has 0 bridgehead atoms. The fourth-order valence-corrected chi connectivity index (χ4v) is 4.90. The molecule has 10 heteroatoms. The lowest BCUT2D eigenvalue weighted by Gasteiger charge is -2.20. The molecule has 0 spiro atoms. The molecule has 0 amide bonds. The summed E-state index contributed by atoms with van der Waals surface area (Å²) in [5, 5.41) is 33.1. The van der Waals surface area contributed by atoms with E-state index in [0.29, 0.717) is 37.5 Å². The van der Waals surface area contributed by atoms with E-state index in [1.54, 1.807) is 6.07 Å². The molecule has 4 aromatic rings. The molecule has 2 heterocycles. The second-order valence-electron chi connectivity index (χ2n) is 7.19. The summed E-state index contributed by atoms with van der Waals surface area (Å²) in [5.74, 6) is 0.379. The van der Waals surface area contributed by atoms with Crippen LogP contribution < -0.4 is 10.1 Å². The number of nitrogens with one attached hydrogen (secondary N) is 1. The molecule has 166 valence electrons. The molecule has 1 aliphatic heterocycles. The second kappa shape index (κ2) is 9.09. The number of para-hydroxylation sites is 1. The lowest BCUT2D eigenvalue weighted by atomic mass is 10.1. The number of nitrogens with zero attached hydrogens (tertiary/aromatic N) is 3. The molecule has 0 aliphatic carbocycles. The maximum atomic E-state index is 10.1. The third kappa shape index (κ3) is 4.44. The third-order valence-corrected chi connectivity index (χ3v) is 6.88. The molecule has 0 saturated carbocycles. The minimum Gasteiger partial charge on any atom is -0.504 e. The van der Waals surface area contributed by atoms with E-state index in [1.807, 2.05) is 48.5 Å². The van der Waals surface area contributed by atoms with Gasteiger partial charge in [-0.1, -0.05) is 59.8 Å². The lowest BCUT2D eigenvalue weighted by Crippen LogP contribution is -2.17. The first-order valence-electron chi connectivity index (χ1n) is 9.84. The van der Waals surface area contributed by atoms with E-state index in [1.165, 1.54) is 17.8 Å². The van der Waals surface area contributed by atoms with Crippen molar-refractivity contribution in [2.75, 3.05) is 5.32 Å². The van der Waals surface area contributed by atoms with Gasteiger partial charge >= 0.3 is 0 Å². The average Bonchev–Trinajstić information content (AvgIpc) is 2.98. The van der Waals surface area contributed by atoms with Crippen LogP contribution in [0.3, 0.4) is 0 Å². The van der Waals surface area contributed by atoms with Crippen molar-refractivity contribution in [3.05, 3.63) is 81.3 Å². The average molecular weight is 544 g/mol. The predicted molar refractivity (Wildman–Crippen MR) is 131 cm³/mol. The molecule has 7 nitrogen and oxygen atoms in total. The number of halogens is 2. The van der Waals surface area contributed by atoms with E-state index in [4.69, 9.17) is 16.3 Å². The van der Waals surface area contributed by atoms with E-state index >= 15 is 0 Å². The number of rotatable bonds is 4. The molecule has 1 aromatic heterocycles. The van der Waals surface area contributed by atoms with Crippen LogP contribution in [0.1, 0.15) is 17.4 Å². The standard InChI is InChI=1S/C23H16BrClN4O3S/c24-15-9-13(10-18(30)20(15)31)21-26-17-8-4-2-6-14(17)19-22(32-21)27-23(29-28-19)33-11-12-5-1-3-7-16(12)25/h1-10,21,26,30-31H,11H2/t21-/m0/s1. The van der Waals surface area contributed by atoms with Gasteiger partial charge in [0.1, 0.15) is 0 Å². The highest BCUT2D eigenvalue weighted by molar-refractivity contribution is 9.10. The predicted octanol–water partition coefficient (Wildman–Crippen LogP) is 6.16. The summed E-state index contributed by atoms with van der Waals surface area (Å²) in [5.41, 5.74) is 3.63. The summed E-state index contributed by atoms with van der Waals surface area (Å²) in [7, 11) is 0. The second-order valence-corrected chi connectivity index (χ2v) is 9.39. The Labute approximate surface area is 206 Å². The van der Waals surface area contributed by atoms with E-state index in [2.05, 4.69) is 36.4 Å². The fourth-order valence-electron chi connectivity index (χ4n) is 3.37. The number of benzene rings is 3. The molecular weight excluding hydrogens is 528 g/mol. The van der Waals surface area contributed by atoms with Gasteiger partial charge < -0.3 is 20.3 Å². The first-order chi connectivity index (χ1) is 16.0. The zero-order valence-electron chi connectivity index (χ0n) is 16.9. The van der Waals surface area contributed by atoms with Gasteiger partial charge in [0, 0.05) is 27.6 Å². The van der Waals surface area contributed by atoms with E-state index in [-0.39, 0.29) is 11.5 Å². The molecule has 1 aliphatic rings. The zero-order valence-corrected chi connectivity index (χ0v) is 20.0. The fraction of sp³-hybridized carbons (Fsp3) is 0.0870. The summed E-state index contributed by atoms with van der Waals surface area (Å²) < 4.78 is 6.56.